The molecule has 1 aliphatic heterocycles. The Morgan fingerprint density at radius 1 is 1.18 bits per heavy atom. The molecule has 1 aromatic heterocycles. The molecular formula is C24H30ClN3O4S. The number of morpholine rings is 1. The van der Waals surface area contributed by atoms with Gasteiger partial charge in [0.2, 0.25) is 0 Å². The number of nitrogens with one attached hydrogen (secondary N) is 1. The zero-order chi connectivity index (χ0) is 23.3. The van der Waals surface area contributed by atoms with Crippen LogP contribution in [0.2, 0.25) is 5.02 Å². The molecule has 2 aliphatic rings. The van der Waals surface area contributed by atoms with Gasteiger partial charge in [-0.1, -0.05) is 43.0 Å². The minimum Gasteiger partial charge on any atom is -0.451 e. The van der Waals surface area contributed by atoms with E-state index in [1.807, 2.05) is 12.1 Å². The van der Waals surface area contributed by atoms with Gasteiger partial charge in [-0.2, -0.15) is 0 Å². The second-order valence-corrected chi connectivity index (χ2v) is 10.1. The first-order chi connectivity index (χ1) is 16.0. The number of ether oxygens (including phenoxy) is 2. The average Bonchev–Trinajstić information content (AvgIpc) is 3.24. The van der Waals surface area contributed by atoms with Crippen molar-refractivity contribution < 1.29 is 19.1 Å². The van der Waals surface area contributed by atoms with Crippen LogP contribution in [0.5, 0.6) is 0 Å². The molecule has 7 nitrogen and oxygen atoms in total. The number of aromatic nitrogens is 1. The van der Waals surface area contributed by atoms with E-state index in [9.17, 15) is 9.59 Å². The highest BCUT2D eigenvalue weighted by Gasteiger charge is 2.38. The molecule has 0 radical (unpaired) electrons. The van der Waals surface area contributed by atoms with Crippen molar-refractivity contribution in [1.29, 1.82) is 0 Å². The molecule has 178 valence electrons. The van der Waals surface area contributed by atoms with E-state index < -0.39 is 5.97 Å². The highest BCUT2D eigenvalue weighted by atomic mass is 35.5. The maximum atomic E-state index is 12.6. The zero-order valence-electron chi connectivity index (χ0n) is 18.9. The van der Waals surface area contributed by atoms with E-state index in [4.69, 9.17) is 21.1 Å². The van der Waals surface area contributed by atoms with Gasteiger partial charge in [0.15, 0.2) is 6.61 Å². The second kappa shape index (κ2) is 11.0. The third-order valence-electron chi connectivity index (χ3n) is 6.49. The Kier molecular flexibility index (Phi) is 8.01. The van der Waals surface area contributed by atoms with E-state index in [0.29, 0.717) is 27.1 Å². The number of amides is 1. The number of thiazole rings is 1. The summed E-state index contributed by atoms with van der Waals surface area (Å²) < 4.78 is 10.8. The number of hydrogen-bond donors (Lipinski definition) is 1. The van der Waals surface area contributed by atoms with Gasteiger partial charge in [-0.25, -0.2) is 9.78 Å². The molecule has 1 aliphatic carbocycles. The first-order valence-electron chi connectivity index (χ1n) is 11.5. The molecule has 0 spiro atoms. The number of hydrogen-bond acceptors (Lipinski definition) is 7. The molecule has 1 saturated carbocycles. The van der Waals surface area contributed by atoms with Crippen LogP contribution in [0.1, 0.15) is 47.5 Å². The first-order valence-corrected chi connectivity index (χ1v) is 12.7. The Labute approximate surface area is 203 Å². The van der Waals surface area contributed by atoms with Crippen molar-refractivity contribution in [3.8, 4) is 10.6 Å². The van der Waals surface area contributed by atoms with Crippen LogP contribution in [-0.4, -0.2) is 66.8 Å². The van der Waals surface area contributed by atoms with Gasteiger partial charge in [-0.05, 0) is 31.9 Å². The van der Waals surface area contributed by atoms with Crippen molar-refractivity contribution in [2.75, 3.05) is 39.5 Å². The molecule has 0 bridgehead atoms. The summed E-state index contributed by atoms with van der Waals surface area (Å²) in [5.41, 5.74) is 1.44. The summed E-state index contributed by atoms with van der Waals surface area (Å²) in [6.07, 6.45) is 5.72. The molecule has 2 fully saturated rings. The van der Waals surface area contributed by atoms with E-state index in [0.717, 1.165) is 44.7 Å². The minimum absolute atomic E-state index is 0.0244. The van der Waals surface area contributed by atoms with Crippen LogP contribution in [0.4, 0.5) is 0 Å². The Morgan fingerprint density at radius 3 is 2.58 bits per heavy atom. The monoisotopic (exact) mass is 491 g/mol. The highest BCUT2D eigenvalue weighted by molar-refractivity contribution is 7.17. The predicted octanol–water partition coefficient (Wildman–Crippen LogP) is 4.08. The topological polar surface area (TPSA) is 80.8 Å². The number of benzene rings is 1. The van der Waals surface area contributed by atoms with Crippen LogP contribution in [0.15, 0.2) is 24.3 Å². The fourth-order valence-corrected chi connectivity index (χ4v) is 5.76. The van der Waals surface area contributed by atoms with Gasteiger partial charge in [0.05, 0.1) is 18.9 Å². The number of rotatable bonds is 7. The lowest BCUT2D eigenvalue weighted by molar-refractivity contribution is -0.125. The van der Waals surface area contributed by atoms with Gasteiger partial charge in [0, 0.05) is 35.8 Å². The number of esters is 1. The molecule has 1 saturated heterocycles. The van der Waals surface area contributed by atoms with Crippen LogP contribution >= 0.6 is 22.9 Å². The summed E-state index contributed by atoms with van der Waals surface area (Å²) in [6, 6.07) is 7.29. The van der Waals surface area contributed by atoms with Crippen molar-refractivity contribution in [3.05, 3.63) is 39.9 Å². The molecular weight excluding hydrogens is 462 g/mol. The van der Waals surface area contributed by atoms with Gasteiger partial charge in [-0.15, -0.1) is 11.3 Å². The smallest absolute Gasteiger partial charge is 0.350 e. The third-order valence-corrected chi connectivity index (χ3v) is 7.93. The Bertz CT molecular complexity index is 967. The fourth-order valence-electron chi connectivity index (χ4n) is 4.66. The predicted molar refractivity (Wildman–Crippen MR) is 129 cm³/mol. The van der Waals surface area contributed by atoms with E-state index in [1.54, 1.807) is 19.1 Å². The fraction of sp³-hybridized carbons (Fsp3) is 0.542. The van der Waals surface area contributed by atoms with Gasteiger partial charge in [0.1, 0.15) is 9.88 Å². The normalized spacial score (nSPS) is 18.6. The largest absolute Gasteiger partial charge is 0.451 e. The minimum atomic E-state index is -0.527. The third kappa shape index (κ3) is 5.93. The van der Waals surface area contributed by atoms with Crippen molar-refractivity contribution >= 4 is 34.8 Å². The van der Waals surface area contributed by atoms with Crippen LogP contribution in [-0.2, 0) is 14.3 Å². The van der Waals surface area contributed by atoms with Crippen molar-refractivity contribution in [2.24, 2.45) is 0 Å². The molecule has 33 heavy (non-hydrogen) atoms. The van der Waals surface area contributed by atoms with E-state index in [1.165, 1.54) is 30.6 Å². The van der Waals surface area contributed by atoms with Crippen LogP contribution in [0.25, 0.3) is 10.6 Å². The van der Waals surface area contributed by atoms with E-state index in [2.05, 4.69) is 15.2 Å². The molecule has 0 unspecified atom stereocenters. The number of carbonyl (C=O) groups excluding carboxylic acids is 2. The Morgan fingerprint density at radius 2 is 1.88 bits per heavy atom. The standard InChI is InChI=1S/C24H30ClN3O4S/c1-17-21(33-22(27-17)18-5-7-19(25)8-6-18)23(30)32-15-20(29)26-16-24(9-3-2-4-10-24)28-11-13-31-14-12-28/h5-8H,2-4,9-16H2,1H3,(H,26,29). The summed E-state index contributed by atoms with van der Waals surface area (Å²) in [7, 11) is 0. The Balaban J connectivity index is 1.32. The van der Waals surface area contributed by atoms with E-state index >= 15 is 0 Å². The lowest BCUT2D eigenvalue weighted by Crippen LogP contribution is -2.59. The summed E-state index contributed by atoms with van der Waals surface area (Å²) in [6.45, 7) is 5.30. The maximum Gasteiger partial charge on any atom is 0.350 e. The average molecular weight is 492 g/mol. The quantitative estimate of drug-likeness (QED) is 0.588. The first kappa shape index (κ1) is 24.1. The molecule has 0 atom stereocenters. The highest BCUT2D eigenvalue weighted by Crippen LogP contribution is 2.34. The zero-order valence-corrected chi connectivity index (χ0v) is 20.5. The molecule has 1 N–H and O–H groups in total. The summed E-state index contributed by atoms with van der Waals surface area (Å²) in [4.78, 5) is 32.5. The van der Waals surface area contributed by atoms with Crippen molar-refractivity contribution in [2.45, 2.75) is 44.6 Å². The van der Waals surface area contributed by atoms with Crippen molar-refractivity contribution in [3.63, 3.8) is 0 Å². The molecule has 2 aromatic rings. The molecule has 9 heteroatoms. The SMILES string of the molecule is Cc1nc(-c2ccc(Cl)cc2)sc1C(=O)OCC(=O)NCC1(N2CCOCC2)CCCCC1. The van der Waals surface area contributed by atoms with Crippen LogP contribution in [0, 0.1) is 6.92 Å². The van der Waals surface area contributed by atoms with Gasteiger partial charge in [0.25, 0.3) is 5.91 Å². The lowest BCUT2D eigenvalue weighted by Gasteiger charge is -2.48. The maximum absolute atomic E-state index is 12.6. The van der Waals surface area contributed by atoms with Crippen molar-refractivity contribution in [1.82, 2.24) is 15.2 Å². The van der Waals surface area contributed by atoms with Gasteiger partial charge < -0.3 is 14.8 Å². The number of nitrogens with zero attached hydrogens (tertiary/aromatic N) is 2. The molecule has 4 rings (SSSR count). The van der Waals surface area contributed by atoms with Crippen LogP contribution < -0.4 is 5.32 Å². The van der Waals surface area contributed by atoms with Gasteiger partial charge in [-0.3, -0.25) is 9.69 Å². The van der Waals surface area contributed by atoms with E-state index in [-0.39, 0.29) is 18.1 Å². The molecule has 1 amide bonds. The Hall–Kier alpha value is -2.00. The number of aryl methyl sites for hydroxylation is 1. The summed E-state index contributed by atoms with van der Waals surface area (Å²) >= 11 is 7.20. The molecule has 1 aromatic carbocycles. The number of carbonyl (C=O) groups is 2. The summed E-state index contributed by atoms with van der Waals surface area (Å²) in [5.74, 6) is -0.803. The van der Waals surface area contributed by atoms with Crippen LogP contribution in [0.3, 0.4) is 0 Å². The lowest BCUT2D eigenvalue weighted by atomic mass is 9.79. The second-order valence-electron chi connectivity index (χ2n) is 8.68. The van der Waals surface area contributed by atoms with Gasteiger partial charge >= 0.3 is 5.97 Å². The summed E-state index contributed by atoms with van der Waals surface area (Å²) in [5, 5.41) is 4.38. The molecule has 2 heterocycles. The number of halogens is 1.